The summed E-state index contributed by atoms with van der Waals surface area (Å²) >= 11 is 0. The molecular weight excluding hydrogens is 358 g/mol. The Labute approximate surface area is 172 Å². The molecule has 0 bridgehead atoms. The Bertz CT molecular complexity index is 1060. The van der Waals surface area contributed by atoms with Crippen LogP contribution >= 0.6 is 0 Å². The first-order chi connectivity index (χ1) is 14.1. The van der Waals surface area contributed by atoms with Crippen molar-refractivity contribution in [2.24, 2.45) is 0 Å². The van der Waals surface area contributed by atoms with Crippen LogP contribution in [0.2, 0.25) is 0 Å². The number of carbonyl (C=O) groups excluding carboxylic acids is 1. The number of rotatable bonds is 4. The molecule has 29 heavy (non-hydrogen) atoms. The van der Waals surface area contributed by atoms with Crippen LogP contribution in [-0.2, 0) is 11.2 Å². The van der Waals surface area contributed by atoms with E-state index < -0.39 is 0 Å². The zero-order valence-electron chi connectivity index (χ0n) is 17.1. The van der Waals surface area contributed by atoms with Crippen LogP contribution in [-0.4, -0.2) is 43.2 Å². The molecule has 3 aromatic rings. The average molecular weight is 386 g/mol. The molecule has 0 aromatic heterocycles. The second-order valence-corrected chi connectivity index (χ2v) is 7.77. The van der Waals surface area contributed by atoms with Crippen LogP contribution < -0.4 is 4.90 Å². The number of nitrogens with zero attached hydrogens (tertiary/aromatic N) is 2. The predicted octanol–water partition coefficient (Wildman–Crippen LogP) is 4.35. The molecule has 4 heteroatoms. The summed E-state index contributed by atoms with van der Waals surface area (Å²) in [6.07, 6.45) is 1.78. The summed E-state index contributed by atoms with van der Waals surface area (Å²) in [5.41, 5.74) is 5.84. The molecule has 1 aliphatic rings. The number of benzene rings is 3. The van der Waals surface area contributed by atoms with Crippen LogP contribution in [0.25, 0.3) is 10.8 Å². The average Bonchev–Trinajstić information content (AvgIpc) is 2.76. The largest absolute Gasteiger partial charge is 0.368 e. The first-order valence-electron chi connectivity index (χ1n) is 10.2. The normalized spacial score (nSPS) is 14.3. The van der Waals surface area contributed by atoms with Crippen molar-refractivity contribution in [2.45, 2.75) is 20.3 Å². The van der Waals surface area contributed by atoms with Crippen LogP contribution in [0.1, 0.15) is 22.3 Å². The fraction of sp³-hybridized carbons (Fsp3) is 0.280. The van der Waals surface area contributed by atoms with E-state index in [4.69, 9.17) is 5.41 Å². The van der Waals surface area contributed by atoms with E-state index in [0.29, 0.717) is 6.42 Å². The molecule has 0 radical (unpaired) electrons. The topological polar surface area (TPSA) is 47.4 Å². The van der Waals surface area contributed by atoms with Crippen molar-refractivity contribution in [1.29, 1.82) is 5.41 Å². The standard InChI is InChI=1S/C25H27N3O/c1-18-6-5-9-24(19(18)2)27-12-14-28(15-13-27)25(29)16-20-10-11-21(17-26)23-8-4-3-7-22(20)23/h3-11,17,26H,12-16H2,1-2H3. The number of aryl methyl sites for hydroxylation is 1. The first-order valence-corrected chi connectivity index (χ1v) is 10.2. The Morgan fingerprint density at radius 3 is 2.38 bits per heavy atom. The third-order valence-electron chi connectivity index (χ3n) is 6.09. The van der Waals surface area contributed by atoms with Gasteiger partial charge >= 0.3 is 0 Å². The highest BCUT2D eigenvalue weighted by Gasteiger charge is 2.23. The first kappa shape index (κ1) is 19.2. The molecule has 0 saturated carbocycles. The van der Waals surface area contributed by atoms with Gasteiger partial charge in [-0.15, -0.1) is 0 Å². The molecule has 4 nitrogen and oxygen atoms in total. The fourth-order valence-corrected chi connectivity index (χ4v) is 4.21. The highest BCUT2D eigenvalue weighted by atomic mass is 16.2. The highest BCUT2D eigenvalue weighted by Crippen LogP contribution is 2.25. The zero-order chi connectivity index (χ0) is 20.4. The summed E-state index contributed by atoms with van der Waals surface area (Å²) in [5, 5.41) is 9.71. The lowest BCUT2D eigenvalue weighted by Crippen LogP contribution is -2.49. The van der Waals surface area contributed by atoms with Crippen LogP contribution in [0.3, 0.4) is 0 Å². The monoisotopic (exact) mass is 385 g/mol. The molecule has 1 fully saturated rings. The molecule has 148 valence electrons. The Morgan fingerprint density at radius 1 is 0.931 bits per heavy atom. The molecular formula is C25H27N3O. The quantitative estimate of drug-likeness (QED) is 0.679. The van der Waals surface area contributed by atoms with E-state index in [9.17, 15) is 4.79 Å². The summed E-state index contributed by atoms with van der Waals surface area (Å²) in [5.74, 6) is 0.179. The summed E-state index contributed by atoms with van der Waals surface area (Å²) in [4.78, 5) is 17.4. The second kappa shape index (κ2) is 8.08. The molecule has 3 aromatic carbocycles. The van der Waals surface area contributed by atoms with E-state index >= 15 is 0 Å². The second-order valence-electron chi connectivity index (χ2n) is 7.77. The van der Waals surface area contributed by atoms with Gasteiger partial charge in [0.15, 0.2) is 0 Å². The van der Waals surface area contributed by atoms with E-state index in [1.807, 2.05) is 41.3 Å². The number of nitrogens with one attached hydrogen (secondary N) is 1. The predicted molar refractivity (Wildman–Crippen MR) is 120 cm³/mol. The Morgan fingerprint density at radius 2 is 1.66 bits per heavy atom. The maximum Gasteiger partial charge on any atom is 0.227 e. The zero-order valence-corrected chi connectivity index (χ0v) is 17.1. The molecule has 0 spiro atoms. The molecule has 1 heterocycles. The fourth-order valence-electron chi connectivity index (χ4n) is 4.21. The number of piperazine rings is 1. The SMILES string of the molecule is Cc1cccc(N2CCN(C(=O)Cc3ccc(C=N)c4ccccc34)CC2)c1C. The maximum absolute atomic E-state index is 13.0. The molecule has 0 aliphatic carbocycles. The summed E-state index contributed by atoms with van der Waals surface area (Å²) in [7, 11) is 0. The number of anilines is 1. The van der Waals surface area contributed by atoms with Gasteiger partial charge in [0.05, 0.1) is 6.42 Å². The third kappa shape index (κ3) is 3.75. The minimum absolute atomic E-state index is 0.179. The van der Waals surface area contributed by atoms with Crippen molar-refractivity contribution in [3.8, 4) is 0 Å². The Kier molecular flexibility index (Phi) is 5.34. The summed E-state index contributed by atoms with van der Waals surface area (Å²) in [6.45, 7) is 7.55. The van der Waals surface area contributed by atoms with Crippen LogP contribution in [0.5, 0.6) is 0 Å². The van der Waals surface area contributed by atoms with Crippen molar-refractivity contribution >= 4 is 28.6 Å². The van der Waals surface area contributed by atoms with Gasteiger partial charge in [-0.25, -0.2) is 0 Å². The number of carbonyl (C=O) groups is 1. The molecule has 4 rings (SSSR count). The van der Waals surface area contributed by atoms with Gasteiger partial charge < -0.3 is 15.2 Å². The van der Waals surface area contributed by atoms with E-state index in [2.05, 4.69) is 36.9 Å². The van der Waals surface area contributed by atoms with Crippen LogP contribution in [0.4, 0.5) is 5.69 Å². The minimum atomic E-state index is 0.179. The van der Waals surface area contributed by atoms with Gasteiger partial charge in [0, 0.05) is 38.1 Å². The van der Waals surface area contributed by atoms with Gasteiger partial charge in [-0.05, 0) is 52.9 Å². The summed E-state index contributed by atoms with van der Waals surface area (Å²) in [6, 6.07) is 18.4. The van der Waals surface area contributed by atoms with Crippen LogP contribution in [0, 0.1) is 19.3 Å². The number of hydrogen-bond donors (Lipinski definition) is 1. The van der Waals surface area contributed by atoms with E-state index in [0.717, 1.165) is 48.1 Å². The van der Waals surface area contributed by atoms with E-state index in [-0.39, 0.29) is 5.91 Å². The van der Waals surface area contributed by atoms with Gasteiger partial charge in [-0.2, -0.15) is 0 Å². The van der Waals surface area contributed by atoms with Gasteiger partial charge in [-0.3, -0.25) is 4.79 Å². The van der Waals surface area contributed by atoms with Crippen molar-refractivity contribution in [3.63, 3.8) is 0 Å². The number of hydrogen-bond acceptors (Lipinski definition) is 3. The van der Waals surface area contributed by atoms with E-state index in [1.54, 1.807) is 0 Å². The molecule has 1 aliphatic heterocycles. The maximum atomic E-state index is 13.0. The third-order valence-corrected chi connectivity index (χ3v) is 6.09. The van der Waals surface area contributed by atoms with Crippen LogP contribution in [0.15, 0.2) is 54.6 Å². The van der Waals surface area contributed by atoms with Gasteiger partial charge in [-0.1, -0.05) is 48.5 Å². The molecule has 0 atom stereocenters. The van der Waals surface area contributed by atoms with Crippen molar-refractivity contribution in [2.75, 3.05) is 31.1 Å². The molecule has 1 amide bonds. The molecule has 1 saturated heterocycles. The Balaban J connectivity index is 1.46. The number of amides is 1. The van der Waals surface area contributed by atoms with E-state index in [1.165, 1.54) is 23.0 Å². The Hall–Kier alpha value is -3.14. The van der Waals surface area contributed by atoms with Crippen molar-refractivity contribution < 1.29 is 4.79 Å². The van der Waals surface area contributed by atoms with Crippen molar-refractivity contribution in [3.05, 3.63) is 76.9 Å². The lowest BCUT2D eigenvalue weighted by atomic mass is 9.97. The lowest BCUT2D eigenvalue weighted by Gasteiger charge is -2.37. The van der Waals surface area contributed by atoms with Gasteiger partial charge in [0.2, 0.25) is 5.91 Å². The van der Waals surface area contributed by atoms with Gasteiger partial charge in [0.25, 0.3) is 0 Å². The minimum Gasteiger partial charge on any atom is -0.368 e. The van der Waals surface area contributed by atoms with Crippen molar-refractivity contribution in [1.82, 2.24) is 4.90 Å². The summed E-state index contributed by atoms with van der Waals surface area (Å²) < 4.78 is 0. The number of fused-ring (bicyclic) bond motifs is 1. The van der Waals surface area contributed by atoms with Gasteiger partial charge in [0.1, 0.15) is 0 Å². The molecule has 1 N–H and O–H groups in total. The molecule has 0 unspecified atom stereocenters. The highest BCUT2D eigenvalue weighted by molar-refractivity contribution is 6.01. The smallest absolute Gasteiger partial charge is 0.227 e. The lowest BCUT2D eigenvalue weighted by molar-refractivity contribution is -0.130.